The van der Waals surface area contributed by atoms with E-state index in [1.807, 2.05) is 0 Å². The lowest BCUT2D eigenvalue weighted by Gasteiger charge is -2.41. The van der Waals surface area contributed by atoms with Crippen LogP contribution in [0.2, 0.25) is 0 Å². The van der Waals surface area contributed by atoms with Gasteiger partial charge in [0.2, 0.25) is 0 Å². The van der Waals surface area contributed by atoms with E-state index >= 15 is 0 Å². The minimum atomic E-state index is -0.543. The standard InChI is InChI=1S/C12H20O2/c1-9-8-11(13)6-2-4-10(11)5-3-7-12(9,10)14/h9,13-14H,2-8H2,1H3/t9-,10+,11-,12+/m1/s1. The van der Waals surface area contributed by atoms with Crippen LogP contribution in [0.4, 0.5) is 0 Å². The molecule has 0 aromatic carbocycles. The van der Waals surface area contributed by atoms with E-state index in [1.165, 1.54) is 0 Å². The lowest BCUT2D eigenvalue weighted by molar-refractivity contribution is -0.121. The minimum absolute atomic E-state index is 0.126. The average Bonchev–Trinajstić information content (AvgIpc) is 2.63. The lowest BCUT2D eigenvalue weighted by Crippen LogP contribution is -2.49. The van der Waals surface area contributed by atoms with Gasteiger partial charge >= 0.3 is 0 Å². The summed E-state index contributed by atoms with van der Waals surface area (Å²) in [6.45, 7) is 2.11. The quantitative estimate of drug-likeness (QED) is 0.620. The van der Waals surface area contributed by atoms with Crippen LogP contribution in [0.5, 0.6) is 0 Å². The molecule has 3 fully saturated rings. The third-order valence-corrected chi connectivity index (χ3v) is 5.53. The van der Waals surface area contributed by atoms with Gasteiger partial charge in [0, 0.05) is 5.41 Å². The maximum atomic E-state index is 10.8. The molecule has 0 heterocycles. The summed E-state index contributed by atoms with van der Waals surface area (Å²) in [7, 11) is 0. The third kappa shape index (κ3) is 0.704. The van der Waals surface area contributed by atoms with Gasteiger partial charge in [-0.2, -0.15) is 0 Å². The Balaban J connectivity index is 2.13. The minimum Gasteiger partial charge on any atom is -0.389 e. The number of rotatable bonds is 0. The first-order valence-electron chi connectivity index (χ1n) is 5.99. The van der Waals surface area contributed by atoms with Gasteiger partial charge in [-0.25, -0.2) is 0 Å². The summed E-state index contributed by atoms with van der Waals surface area (Å²) >= 11 is 0. The summed E-state index contributed by atoms with van der Waals surface area (Å²) in [5, 5.41) is 21.4. The molecule has 80 valence electrons. The number of hydrogen-bond donors (Lipinski definition) is 2. The molecule has 14 heavy (non-hydrogen) atoms. The monoisotopic (exact) mass is 196 g/mol. The van der Waals surface area contributed by atoms with E-state index in [1.54, 1.807) is 0 Å². The molecule has 0 unspecified atom stereocenters. The molecule has 0 radical (unpaired) electrons. The van der Waals surface area contributed by atoms with Crippen molar-refractivity contribution in [2.24, 2.45) is 11.3 Å². The van der Waals surface area contributed by atoms with E-state index in [2.05, 4.69) is 6.92 Å². The number of aliphatic hydroxyl groups is 2. The zero-order valence-electron chi connectivity index (χ0n) is 8.92. The molecule has 0 saturated heterocycles. The van der Waals surface area contributed by atoms with Crippen molar-refractivity contribution in [3.05, 3.63) is 0 Å². The first-order valence-corrected chi connectivity index (χ1v) is 5.99. The van der Waals surface area contributed by atoms with Crippen molar-refractivity contribution < 1.29 is 10.2 Å². The van der Waals surface area contributed by atoms with Gasteiger partial charge in [0.15, 0.2) is 0 Å². The van der Waals surface area contributed by atoms with Crippen LogP contribution in [-0.4, -0.2) is 21.4 Å². The Labute approximate surface area is 85.3 Å². The van der Waals surface area contributed by atoms with Crippen molar-refractivity contribution >= 4 is 0 Å². The average molecular weight is 196 g/mol. The Morgan fingerprint density at radius 2 is 1.64 bits per heavy atom. The summed E-state index contributed by atoms with van der Waals surface area (Å²) in [5.41, 5.74) is -1.20. The lowest BCUT2D eigenvalue weighted by atomic mass is 9.69. The molecule has 2 heteroatoms. The Morgan fingerprint density at radius 3 is 2.36 bits per heavy atom. The van der Waals surface area contributed by atoms with Gasteiger partial charge in [-0.3, -0.25) is 0 Å². The van der Waals surface area contributed by atoms with Crippen molar-refractivity contribution in [2.45, 2.75) is 63.1 Å². The normalized spacial score (nSPS) is 61.5. The van der Waals surface area contributed by atoms with Gasteiger partial charge in [-0.1, -0.05) is 6.92 Å². The van der Waals surface area contributed by atoms with Crippen LogP contribution in [0.15, 0.2) is 0 Å². The molecule has 2 nitrogen and oxygen atoms in total. The maximum Gasteiger partial charge on any atom is 0.0757 e. The van der Waals surface area contributed by atoms with Gasteiger partial charge in [0.25, 0.3) is 0 Å². The van der Waals surface area contributed by atoms with Crippen LogP contribution in [0, 0.1) is 11.3 Å². The second-order valence-corrected chi connectivity index (χ2v) is 5.85. The molecular formula is C12H20O2. The second kappa shape index (κ2) is 2.35. The number of hydrogen-bond acceptors (Lipinski definition) is 2. The van der Waals surface area contributed by atoms with Gasteiger partial charge in [0.1, 0.15) is 0 Å². The molecule has 4 atom stereocenters. The van der Waals surface area contributed by atoms with Crippen molar-refractivity contribution in [3.8, 4) is 0 Å². The summed E-state index contributed by atoms with van der Waals surface area (Å²) in [4.78, 5) is 0. The fourth-order valence-electron chi connectivity index (χ4n) is 4.94. The van der Waals surface area contributed by atoms with Crippen LogP contribution in [0.1, 0.15) is 51.9 Å². The maximum absolute atomic E-state index is 10.8. The Morgan fingerprint density at radius 1 is 1.00 bits per heavy atom. The highest BCUT2D eigenvalue weighted by Crippen LogP contribution is 2.70. The van der Waals surface area contributed by atoms with Crippen LogP contribution in [0.3, 0.4) is 0 Å². The van der Waals surface area contributed by atoms with Gasteiger partial charge < -0.3 is 10.2 Å². The largest absolute Gasteiger partial charge is 0.389 e. The summed E-state index contributed by atoms with van der Waals surface area (Å²) < 4.78 is 0. The fraction of sp³-hybridized carbons (Fsp3) is 1.00. The van der Waals surface area contributed by atoms with Crippen molar-refractivity contribution in [3.63, 3.8) is 0 Å². The summed E-state index contributed by atoms with van der Waals surface area (Å²) in [6.07, 6.45) is 6.95. The molecule has 3 aliphatic rings. The van der Waals surface area contributed by atoms with E-state index in [0.29, 0.717) is 0 Å². The molecule has 0 aromatic heterocycles. The van der Waals surface area contributed by atoms with E-state index in [9.17, 15) is 10.2 Å². The molecular weight excluding hydrogens is 176 g/mol. The van der Waals surface area contributed by atoms with Crippen molar-refractivity contribution in [1.29, 1.82) is 0 Å². The van der Waals surface area contributed by atoms with Crippen LogP contribution < -0.4 is 0 Å². The van der Waals surface area contributed by atoms with Crippen LogP contribution in [-0.2, 0) is 0 Å². The highest BCUT2D eigenvalue weighted by molar-refractivity contribution is 5.23. The second-order valence-electron chi connectivity index (χ2n) is 5.85. The molecule has 0 amide bonds. The molecule has 1 spiro atoms. The molecule has 0 aromatic rings. The molecule has 0 aliphatic heterocycles. The zero-order valence-corrected chi connectivity index (χ0v) is 8.92. The van der Waals surface area contributed by atoms with Crippen molar-refractivity contribution in [1.82, 2.24) is 0 Å². The molecule has 3 saturated carbocycles. The third-order valence-electron chi connectivity index (χ3n) is 5.53. The van der Waals surface area contributed by atoms with Gasteiger partial charge in [-0.15, -0.1) is 0 Å². The first kappa shape index (κ1) is 9.17. The van der Waals surface area contributed by atoms with Crippen LogP contribution in [0.25, 0.3) is 0 Å². The van der Waals surface area contributed by atoms with E-state index in [-0.39, 0.29) is 11.3 Å². The molecule has 2 N–H and O–H groups in total. The van der Waals surface area contributed by atoms with Gasteiger partial charge in [-0.05, 0) is 50.9 Å². The Kier molecular flexibility index (Phi) is 1.54. The highest BCUT2D eigenvalue weighted by atomic mass is 16.3. The Bertz CT molecular complexity index is 273. The predicted octanol–water partition coefficient (Wildman–Crippen LogP) is 1.84. The summed E-state index contributed by atoms with van der Waals surface area (Å²) in [5.74, 6) is 0.287. The SMILES string of the molecule is C[C@@H]1C[C@]2(O)CCC[C@]23CCC[C@]13O. The first-order chi connectivity index (χ1) is 6.54. The predicted molar refractivity (Wildman–Crippen MR) is 53.8 cm³/mol. The van der Waals surface area contributed by atoms with Crippen LogP contribution >= 0.6 is 0 Å². The molecule has 3 aliphatic carbocycles. The zero-order chi connectivity index (χ0) is 10.0. The molecule has 0 bridgehead atoms. The van der Waals surface area contributed by atoms with Gasteiger partial charge in [0.05, 0.1) is 11.2 Å². The fourth-order valence-corrected chi connectivity index (χ4v) is 4.94. The topological polar surface area (TPSA) is 40.5 Å². The highest BCUT2D eigenvalue weighted by Gasteiger charge is 2.72. The van der Waals surface area contributed by atoms with E-state index in [4.69, 9.17) is 0 Å². The smallest absolute Gasteiger partial charge is 0.0757 e. The van der Waals surface area contributed by atoms with Crippen molar-refractivity contribution in [2.75, 3.05) is 0 Å². The van der Waals surface area contributed by atoms with E-state index < -0.39 is 11.2 Å². The molecule has 3 rings (SSSR count). The summed E-state index contributed by atoms with van der Waals surface area (Å²) in [6, 6.07) is 0. The Hall–Kier alpha value is -0.0800. The van der Waals surface area contributed by atoms with E-state index in [0.717, 1.165) is 44.9 Å².